The average molecular weight is 322 g/mol. The monoisotopic (exact) mass is 321 g/mol. The first kappa shape index (κ1) is 11.6. The van der Waals surface area contributed by atoms with Crippen LogP contribution >= 0.6 is 27.3 Å². The van der Waals surface area contributed by atoms with Gasteiger partial charge in [0.1, 0.15) is 5.00 Å². The fourth-order valence-corrected chi connectivity index (χ4v) is 3.32. The second-order valence-electron chi connectivity index (χ2n) is 3.86. The zero-order valence-corrected chi connectivity index (χ0v) is 11.6. The summed E-state index contributed by atoms with van der Waals surface area (Å²) in [6, 6.07) is 7.25. The molecule has 0 spiro atoms. The number of rotatable bonds is 2. The van der Waals surface area contributed by atoms with Gasteiger partial charge in [-0.2, -0.15) is 0 Å². The van der Waals surface area contributed by atoms with E-state index in [0.29, 0.717) is 12.0 Å². The van der Waals surface area contributed by atoms with Gasteiger partial charge in [-0.1, -0.05) is 29.5 Å². The molecule has 1 aromatic heterocycles. The number of thiazole rings is 1. The van der Waals surface area contributed by atoms with E-state index in [4.69, 9.17) is 5.73 Å². The molecule has 1 aliphatic heterocycles. The van der Waals surface area contributed by atoms with Gasteiger partial charge in [-0.05, 0) is 22.0 Å². The molecule has 0 saturated carbocycles. The Labute approximate surface area is 116 Å². The highest BCUT2D eigenvalue weighted by atomic mass is 79.9. The molecular weight excluding hydrogens is 314 g/mol. The minimum Gasteiger partial charge on any atom is -0.366 e. The number of nitrogens with zero attached hydrogens (tertiary/aromatic N) is 2. The van der Waals surface area contributed by atoms with Crippen LogP contribution in [0.25, 0.3) is 0 Å². The van der Waals surface area contributed by atoms with Gasteiger partial charge in [0.2, 0.25) is 5.91 Å². The summed E-state index contributed by atoms with van der Waals surface area (Å²) in [7, 11) is 0. The third-order valence-electron chi connectivity index (χ3n) is 2.73. The van der Waals surface area contributed by atoms with E-state index in [1.54, 1.807) is 12.1 Å². The fourth-order valence-electron chi connectivity index (χ4n) is 1.94. The predicted molar refractivity (Wildman–Crippen MR) is 74.7 cm³/mol. The van der Waals surface area contributed by atoms with Crippen LogP contribution in [0, 0.1) is 0 Å². The van der Waals surface area contributed by atoms with Gasteiger partial charge in [0.25, 0.3) is 0 Å². The first-order valence-electron chi connectivity index (χ1n) is 5.27. The van der Waals surface area contributed by atoms with Gasteiger partial charge in [0.05, 0.1) is 11.4 Å². The molecule has 0 radical (unpaired) electrons. The Bertz CT molecular complexity index is 678. The number of aromatic nitrogens is 1. The van der Waals surface area contributed by atoms with Crippen LogP contribution < -0.4 is 5.73 Å². The molecule has 6 heteroatoms. The van der Waals surface area contributed by atoms with E-state index in [9.17, 15) is 4.79 Å². The fraction of sp³-hybridized carbons (Fsp3) is 0.0833. The molecule has 0 unspecified atom stereocenters. The maximum Gasteiger partial charge on any atom is 0.249 e. The highest BCUT2D eigenvalue weighted by Gasteiger charge is 2.22. The summed E-state index contributed by atoms with van der Waals surface area (Å²) in [6.07, 6.45) is 0.641. The van der Waals surface area contributed by atoms with Gasteiger partial charge in [0, 0.05) is 17.5 Å². The summed E-state index contributed by atoms with van der Waals surface area (Å²) in [4.78, 5) is 20.3. The van der Waals surface area contributed by atoms with Crippen molar-refractivity contribution in [3.05, 3.63) is 45.0 Å². The van der Waals surface area contributed by atoms with Crippen molar-refractivity contribution >= 4 is 43.9 Å². The Kier molecular flexibility index (Phi) is 2.76. The summed E-state index contributed by atoms with van der Waals surface area (Å²) >= 11 is 4.83. The largest absolute Gasteiger partial charge is 0.366 e. The van der Waals surface area contributed by atoms with E-state index in [0.717, 1.165) is 25.9 Å². The number of hydrogen-bond donors (Lipinski definition) is 1. The standard InChI is InChI=1S/C12H8BrN3OS/c13-12-16-9-5-8(15-11(9)18-12)6-3-1-2-4-7(6)10(14)17/h1-4H,5H2,(H2,14,17). The molecule has 0 bridgehead atoms. The molecule has 2 N–H and O–H groups in total. The zero-order valence-electron chi connectivity index (χ0n) is 9.18. The van der Waals surface area contributed by atoms with Crippen molar-refractivity contribution in [1.82, 2.24) is 4.98 Å². The summed E-state index contributed by atoms with van der Waals surface area (Å²) < 4.78 is 0.832. The number of primary amides is 1. The summed E-state index contributed by atoms with van der Waals surface area (Å²) in [6.45, 7) is 0. The van der Waals surface area contributed by atoms with Crippen molar-refractivity contribution in [3.63, 3.8) is 0 Å². The maximum atomic E-state index is 11.4. The van der Waals surface area contributed by atoms with Crippen LogP contribution in [0.3, 0.4) is 0 Å². The third-order valence-corrected chi connectivity index (χ3v) is 4.17. The Balaban J connectivity index is 2.06. The second kappa shape index (κ2) is 4.29. The van der Waals surface area contributed by atoms with Crippen LogP contribution in [0.15, 0.2) is 33.2 Å². The first-order valence-corrected chi connectivity index (χ1v) is 6.88. The lowest BCUT2D eigenvalue weighted by Gasteiger charge is -2.05. The minimum atomic E-state index is -0.433. The van der Waals surface area contributed by atoms with E-state index in [2.05, 4.69) is 25.9 Å². The summed E-state index contributed by atoms with van der Waals surface area (Å²) in [5.74, 6) is -0.433. The smallest absolute Gasteiger partial charge is 0.249 e. The van der Waals surface area contributed by atoms with E-state index < -0.39 is 5.91 Å². The highest BCUT2D eigenvalue weighted by molar-refractivity contribution is 9.11. The molecule has 3 rings (SSSR count). The number of halogens is 1. The lowest BCUT2D eigenvalue weighted by atomic mass is 10.0. The van der Waals surface area contributed by atoms with Crippen molar-refractivity contribution in [1.29, 1.82) is 0 Å². The lowest BCUT2D eigenvalue weighted by molar-refractivity contribution is 0.1000. The molecule has 4 nitrogen and oxygen atoms in total. The van der Waals surface area contributed by atoms with E-state index in [1.807, 2.05) is 12.1 Å². The molecule has 1 aromatic carbocycles. The van der Waals surface area contributed by atoms with Crippen molar-refractivity contribution in [2.24, 2.45) is 10.7 Å². The molecule has 0 aliphatic carbocycles. The van der Waals surface area contributed by atoms with Crippen LogP contribution in [0.2, 0.25) is 0 Å². The molecule has 1 amide bonds. The number of carbonyl (C=O) groups excluding carboxylic acids is 1. The molecule has 18 heavy (non-hydrogen) atoms. The molecule has 1 aliphatic rings. The minimum absolute atomic E-state index is 0.433. The molecular formula is C12H8BrN3OS. The Morgan fingerprint density at radius 3 is 2.89 bits per heavy atom. The van der Waals surface area contributed by atoms with E-state index in [-0.39, 0.29) is 0 Å². The van der Waals surface area contributed by atoms with Gasteiger partial charge < -0.3 is 5.73 Å². The molecule has 2 heterocycles. The third kappa shape index (κ3) is 1.87. The van der Waals surface area contributed by atoms with Gasteiger partial charge >= 0.3 is 0 Å². The van der Waals surface area contributed by atoms with Gasteiger partial charge in [-0.3, -0.25) is 4.79 Å². The molecule has 90 valence electrons. The van der Waals surface area contributed by atoms with Crippen LogP contribution in [0.1, 0.15) is 21.6 Å². The van der Waals surface area contributed by atoms with Crippen molar-refractivity contribution < 1.29 is 4.79 Å². The van der Waals surface area contributed by atoms with Crippen LogP contribution in [-0.4, -0.2) is 16.6 Å². The lowest BCUT2D eigenvalue weighted by Crippen LogP contribution is -2.16. The first-order chi connectivity index (χ1) is 8.65. The number of fused-ring (bicyclic) bond motifs is 1. The SMILES string of the molecule is NC(=O)c1ccccc1C1=Nc2sc(Br)nc2C1. The van der Waals surface area contributed by atoms with E-state index >= 15 is 0 Å². The average Bonchev–Trinajstić information content (AvgIpc) is 2.85. The van der Waals surface area contributed by atoms with Crippen molar-refractivity contribution in [2.45, 2.75) is 6.42 Å². The maximum absolute atomic E-state index is 11.4. The number of benzene rings is 1. The zero-order chi connectivity index (χ0) is 12.7. The van der Waals surface area contributed by atoms with Crippen molar-refractivity contribution in [3.8, 4) is 0 Å². The van der Waals surface area contributed by atoms with E-state index in [1.165, 1.54) is 11.3 Å². The van der Waals surface area contributed by atoms with Gasteiger partial charge in [0.15, 0.2) is 3.92 Å². The normalized spacial score (nSPS) is 13.3. The summed E-state index contributed by atoms with van der Waals surface area (Å²) in [5, 5.41) is 0.899. The van der Waals surface area contributed by atoms with Crippen LogP contribution in [-0.2, 0) is 6.42 Å². The second-order valence-corrected chi connectivity index (χ2v) is 6.12. The highest BCUT2D eigenvalue weighted by Crippen LogP contribution is 2.37. The van der Waals surface area contributed by atoms with Crippen LogP contribution in [0.5, 0.6) is 0 Å². The predicted octanol–water partition coefficient (Wildman–Crippen LogP) is 2.68. The number of hydrogen-bond acceptors (Lipinski definition) is 4. The summed E-state index contributed by atoms with van der Waals surface area (Å²) in [5.41, 5.74) is 8.47. The molecule has 0 atom stereocenters. The number of aliphatic imine (C=N–C) groups is 1. The van der Waals surface area contributed by atoms with Gasteiger partial charge in [-0.25, -0.2) is 9.98 Å². The van der Waals surface area contributed by atoms with Gasteiger partial charge in [-0.15, -0.1) is 0 Å². The number of carbonyl (C=O) groups is 1. The topological polar surface area (TPSA) is 68.3 Å². The number of nitrogens with two attached hydrogens (primary N) is 1. The van der Waals surface area contributed by atoms with Crippen LogP contribution in [0.4, 0.5) is 5.00 Å². The molecule has 2 aromatic rings. The number of amides is 1. The molecule has 0 saturated heterocycles. The Hall–Kier alpha value is -1.53. The Morgan fingerprint density at radius 2 is 2.17 bits per heavy atom. The van der Waals surface area contributed by atoms with Crippen molar-refractivity contribution in [2.75, 3.05) is 0 Å². The Morgan fingerprint density at radius 1 is 1.39 bits per heavy atom. The molecule has 0 fully saturated rings. The quantitative estimate of drug-likeness (QED) is 0.923.